The minimum absolute atomic E-state index is 0.0590. The lowest BCUT2D eigenvalue weighted by Crippen LogP contribution is -2.49. The number of methoxy groups -OCH3 is 1. The average Bonchev–Trinajstić information content (AvgIpc) is 3.31. The van der Waals surface area contributed by atoms with Gasteiger partial charge >= 0.3 is 12.0 Å². The van der Waals surface area contributed by atoms with Gasteiger partial charge in [-0.1, -0.05) is 35.9 Å². The summed E-state index contributed by atoms with van der Waals surface area (Å²) in [6.45, 7) is 0.239. The zero-order valence-electron chi connectivity index (χ0n) is 20.7. The number of benzene rings is 3. The number of amides is 2. The Hall–Kier alpha value is -3.95. The smallest absolute Gasteiger partial charge is 0.337 e. The molecule has 10 heteroatoms. The second kappa shape index (κ2) is 12.1. The fourth-order valence-electron chi connectivity index (χ4n) is 4.18. The lowest BCUT2D eigenvalue weighted by Gasteiger charge is -2.29. The van der Waals surface area contributed by atoms with Crippen LogP contribution in [0.15, 0.2) is 72.8 Å². The molecule has 0 saturated carbocycles. The van der Waals surface area contributed by atoms with Gasteiger partial charge < -0.3 is 20.1 Å². The molecule has 0 radical (unpaired) electrons. The Morgan fingerprint density at radius 1 is 1.03 bits per heavy atom. The summed E-state index contributed by atoms with van der Waals surface area (Å²) in [7, 11) is 1.29. The third-order valence-electron chi connectivity index (χ3n) is 6.21. The maximum atomic E-state index is 15.9. The number of nitrogens with zero attached hydrogens (tertiary/aromatic N) is 1. The standard InChI is InChI=1S/C28H27ClFN3O5/c1-37-26(35)20-9-11-22(12-10-20)38-18-33-15-5-14-28(33,30)25(34)17-19-8-13-24(23(29)16-19)32-27(36)31-21-6-3-2-4-7-21/h2-4,6-13,16H,5,14-15,17-18H2,1H3,(H2,31,32,36). The van der Waals surface area contributed by atoms with Gasteiger partial charge in [-0.2, -0.15) is 0 Å². The van der Waals surface area contributed by atoms with E-state index in [2.05, 4.69) is 15.4 Å². The van der Waals surface area contributed by atoms with Crippen molar-refractivity contribution in [2.75, 3.05) is 31.0 Å². The van der Waals surface area contributed by atoms with Gasteiger partial charge in [-0.3, -0.25) is 4.79 Å². The van der Waals surface area contributed by atoms with Crippen LogP contribution >= 0.6 is 11.6 Å². The lowest BCUT2D eigenvalue weighted by molar-refractivity contribution is -0.144. The van der Waals surface area contributed by atoms with Crippen LogP contribution in [-0.2, 0) is 16.0 Å². The molecule has 1 aliphatic heterocycles. The maximum absolute atomic E-state index is 15.9. The summed E-state index contributed by atoms with van der Waals surface area (Å²) in [5.74, 6) is -2.81. The molecule has 1 aliphatic rings. The minimum Gasteiger partial charge on any atom is -0.478 e. The first-order valence-electron chi connectivity index (χ1n) is 12.0. The van der Waals surface area contributed by atoms with Crippen LogP contribution < -0.4 is 15.4 Å². The van der Waals surface area contributed by atoms with Gasteiger partial charge in [0.1, 0.15) is 12.5 Å². The van der Waals surface area contributed by atoms with Crippen molar-refractivity contribution in [3.8, 4) is 5.75 Å². The Balaban J connectivity index is 1.34. The molecule has 1 atom stereocenters. The van der Waals surface area contributed by atoms with Crippen molar-refractivity contribution < 1.29 is 28.2 Å². The highest BCUT2D eigenvalue weighted by atomic mass is 35.5. The summed E-state index contributed by atoms with van der Waals surface area (Å²) in [5.41, 5.74) is 1.88. The molecule has 3 aromatic carbocycles. The van der Waals surface area contributed by atoms with Crippen molar-refractivity contribution in [3.63, 3.8) is 0 Å². The minimum atomic E-state index is -2.18. The molecule has 0 aromatic heterocycles. The first-order chi connectivity index (χ1) is 18.3. The highest BCUT2D eigenvalue weighted by Gasteiger charge is 2.47. The van der Waals surface area contributed by atoms with Crippen LogP contribution in [0.1, 0.15) is 28.8 Å². The van der Waals surface area contributed by atoms with Crippen LogP contribution in [0.4, 0.5) is 20.6 Å². The van der Waals surface area contributed by atoms with E-state index in [9.17, 15) is 14.4 Å². The van der Waals surface area contributed by atoms with Gasteiger partial charge in [0.2, 0.25) is 5.79 Å². The van der Waals surface area contributed by atoms with Crippen molar-refractivity contribution >= 4 is 40.8 Å². The molecule has 1 saturated heterocycles. The number of likely N-dealkylation sites (tertiary alicyclic amines) is 1. The van der Waals surface area contributed by atoms with Gasteiger partial charge in [-0.05, 0) is 60.5 Å². The van der Waals surface area contributed by atoms with Crippen LogP contribution in [0.3, 0.4) is 0 Å². The number of rotatable bonds is 9. The van der Waals surface area contributed by atoms with Crippen LogP contribution in [0.5, 0.6) is 5.75 Å². The number of alkyl halides is 1. The SMILES string of the molecule is COC(=O)c1ccc(OCN2CCCC2(F)C(=O)Cc2ccc(NC(=O)Nc3ccccc3)c(Cl)c2)cc1. The third-order valence-corrected chi connectivity index (χ3v) is 6.52. The van der Waals surface area contributed by atoms with Gasteiger partial charge in [0, 0.05) is 25.1 Å². The number of ether oxygens (including phenoxy) is 2. The molecule has 0 aliphatic carbocycles. The van der Waals surface area contributed by atoms with Gasteiger partial charge in [0.15, 0.2) is 5.78 Å². The molecule has 8 nitrogen and oxygen atoms in total. The zero-order chi connectivity index (χ0) is 27.1. The molecule has 38 heavy (non-hydrogen) atoms. The molecule has 0 bridgehead atoms. The second-order valence-corrected chi connectivity index (χ2v) is 9.18. The highest BCUT2D eigenvalue weighted by Crippen LogP contribution is 2.34. The molecule has 2 N–H and O–H groups in total. The number of para-hydroxylation sites is 1. The Morgan fingerprint density at radius 3 is 2.45 bits per heavy atom. The second-order valence-electron chi connectivity index (χ2n) is 8.78. The number of halogens is 2. The van der Waals surface area contributed by atoms with E-state index in [4.69, 9.17) is 16.3 Å². The Bertz CT molecular complexity index is 1310. The number of urea groups is 1. The van der Waals surface area contributed by atoms with Crippen LogP contribution in [0, 0.1) is 0 Å². The summed E-state index contributed by atoms with van der Waals surface area (Å²) in [6, 6.07) is 19.5. The van der Waals surface area contributed by atoms with Gasteiger partial charge in [0.05, 0.1) is 23.4 Å². The molecule has 3 aromatic rings. The first kappa shape index (κ1) is 27.1. The van der Waals surface area contributed by atoms with Crippen molar-refractivity contribution in [1.29, 1.82) is 0 Å². The molecular formula is C28H27ClFN3O5. The van der Waals surface area contributed by atoms with Gasteiger partial charge in [-0.25, -0.2) is 18.9 Å². The van der Waals surface area contributed by atoms with E-state index >= 15 is 4.39 Å². The highest BCUT2D eigenvalue weighted by molar-refractivity contribution is 6.33. The van der Waals surface area contributed by atoms with E-state index in [1.54, 1.807) is 66.7 Å². The maximum Gasteiger partial charge on any atom is 0.337 e. The number of hydrogen-bond donors (Lipinski definition) is 2. The lowest BCUT2D eigenvalue weighted by atomic mass is 9.99. The molecule has 1 fully saturated rings. The molecule has 1 heterocycles. The molecule has 0 spiro atoms. The van der Waals surface area contributed by atoms with Crippen LogP contribution in [0.2, 0.25) is 5.02 Å². The van der Waals surface area contributed by atoms with Crippen LogP contribution in [0.25, 0.3) is 0 Å². The van der Waals surface area contributed by atoms with Gasteiger partial charge in [-0.15, -0.1) is 0 Å². The summed E-state index contributed by atoms with van der Waals surface area (Å²) in [6.07, 6.45) is 0.396. The number of nitrogens with one attached hydrogen (secondary N) is 2. The summed E-state index contributed by atoms with van der Waals surface area (Å²) < 4.78 is 26.2. The average molecular weight is 540 g/mol. The predicted octanol–water partition coefficient (Wildman–Crippen LogP) is 5.68. The number of esters is 1. The Morgan fingerprint density at radius 2 is 1.76 bits per heavy atom. The third kappa shape index (κ3) is 6.48. The summed E-state index contributed by atoms with van der Waals surface area (Å²) >= 11 is 6.33. The first-order valence-corrected chi connectivity index (χ1v) is 12.4. The molecule has 198 valence electrons. The number of anilines is 2. The summed E-state index contributed by atoms with van der Waals surface area (Å²) in [5, 5.41) is 5.59. The van der Waals surface area contributed by atoms with Gasteiger partial charge in [0.25, 0.3) is 0 Å². The van der Waals surface area contributed by atoms with Crippen molar-refractivity contribution in [2.24, 2.45) is 0 Å². The fraction of sp³-hybridized carbons (Fsp3) is 0.250. The van der Waals surface area contributed by atoms with Crippen molar-refractivity contribution in [1.82, 2.24) is 4.90 Å². The number of carbonyl (C=O) groups excluding carboxylic acids is 3. The number of Topliss-reactive ketones (excluding diaryl/α,β-unsaturated/α-hetero) is 1. The van der Waals surface area contributed by atoms with E-state index in [0.29, 0.717) is 41.2 Å². The fourth-order valence-corrected chi connectivity index (χ4v) is 4.43. The Kier molecular flexibility index (Phi) is 8.60. The zero-order valence-corrected chi connectivity index (χ0v) is 21.5. The molecule has 2 amide bonds. The van der Waals surface area contributed by atoms with E-state index in [1.807, 2.05) is 6.07 Å². The number of carbonyl (C=O) groups is 3. The molecular weight excluding hydrogens is 513 g/mol. The van der Waals surface area contributed by atoms with Crippen molar-refractivity contribution in [3.05, 3.63) is 88.9 Å². The topological polar surface area (TPSA) is 97.0 Å². The largest absolute Gasteiger partial charge is 0.478 e. The van der Waals surface area contributed by atoms with Crippen LogP contribution in [-0.4, -0.2) is 48.9 Å². The van der Waals surface area contributed by atoms with E-state index < -0.39 is 23.6 Å². The predicted molar refractivity (Wildman–Crippen MR) is 142 cm³/mol. The molecule has 1 unspecified atom stereocenters. The Labute approximate surface area is 224 Å². The normalized spacial score (nSPS) is 17.0. The van der Waals surface area contributed by atoms with E-state index in [1.165, 1.54) is 12.0 Å². The van der Waals surface area contributed by atoms with Crippen molar-refractivity contribution in [2.45, 2.75) is 25.1 Å². The van der Waals surface area contributed by atoms with E-state index in [-0.39, 0.29) is 24.6 Å². The van der Waals surface area contributed by atoms with E-state index in [0.717, 1.165) is 0 Å². The monoisotopic (exact) mass is 539 g/mol. The molecule has 4 rings (SSSR count). The number of hydrogen-bond acceptors (Lipinski definition) is 6. The number of ketones is 1. The summed E-state index contributed by atoms with van der Waals surface area (Å²) in [4.78, 5) is 38.2. The quantitative estimate of drug-likeness (QED) is 0.268.